The lowest BCUT2D eigenvalue weighted by molar-refractivity contribution is -0.107. The van der Waals surface area contributed by atoms with Gasteiger partial charge in [0, 0.05) is 22.6 Å². The molecular weight excluding hydrogens is 200 g/mol. The highest BCUT2D eigenvalue weighted by Crippen LogP contribution is 2.20. The molecule has 0 aliphatic carbocycles. The Labute approximate surface area is 87.2 Å². The normalized spacial score (nSPS) is 10.4. The van der Waals surface area contributed by atoms with E-state index in [-0.39, 0.29) is 0 Å². The van der Waals surface area contributed by atoms with Crippen LogP contribution in [0, 0.1) is 0 Å². The average Bonchev–Trinajstić information content (AvgIpc) is 2.20. The van der Waals surface area contributed by atoms with Crippen molar-refractivity contribution in [3.05, 3.63) is 40.4 Å². The lowest BCUT2D eigenvalue weighted by Gasteiger charge is -2.00. The smallest absolute Gasteiger partial charge is 0.150 e. The van der Waals surface area contributed by atoms with Crippen LogP contribution >= 0.6 is 11.6 Å². The van der Waals surface area contributed by atoms with Gasteiger partial charge in [-0.2, -0.15) is 0 Å². The van der Waals surface area contributed by atoms with E-state index in [1.54, 1.807) is 30.4 Å². The van der Waals surface area contributed by atoms with Gasteiger partial charge in [-0.1, -0.05) is 35.9 Å². The lowest BCUT2D eigenvalue weighted by Crippen LogP contribution is -1.86. The Balaban J connectivity index is 3.04. The molecule has 0 fully saturated rings. The maximum atomic E-state index is 10.7. The molecule has 2 nitrogen and oxygen atoms in total. The van der Waals surface area contributed by atoms with Crippen LogP contribution in [-0.4, -0.2) is 12.6 Å². The van der Waals surface area contributed by atoms with Crippen molar-refractivity contribution in [2.45, 2.75) is 6.42 Å². The van der Waals surface area contributed by atoms with Crippen LogP contribution < -0.4 is 0 Å². The number of hydrogen-bond acceptors (Lipinski definition) is 2. The second-order valence-electron chi connectivity index (χ2n) is 2.67. The molecular formula is C11H9ClO2. The van der Waals surface area contributed by atoms with Gasteiger partial charge in [0.1, 0.15) is 6.29 Å². The number of aldehydes is 2. The summed E-state index contributed by atoms with van der Waals surface area (Å²) in [4.78, 5) is 20.7. The summed E-state index contributed by atoms with van der Waals surface area (Å²) in [6.07, 6.45) is 5.20. The number of carbonyl (C=O) groups is 2. The van der Waals surface area contributed by atoms with Gasteiger partial charge >= 0.3 is 0 Å². The van der Waals surface area contributed by atoms with E-state index in [1.165, 1.54) is 0 Å². The summed E-state index contributed by atoms with van der Waals surface area (Å²) in [6, 6.07) is 5.09. The minimum Gasteiger partial charge on any atom is -0.303 e. The molecule has 1 aromatic rings. The van der Waals surface area contributed by atoms with E-state index in [0.29, 0.717) is 22.6 Å². The van der Waals surface area contributed by atoms with Gasteiger partial charge in [0.25, 0.3) is 0 Å². The summed E-state index contributed by atoms with van der Waals surface area (Å²) in [6.45, 7) is 0. The molecule has 0 aliphatic heterocycles. The van der Waals surface area contributed by atoms with Crippen LogP contribution in [0.4, 0.5) is 0 Å². The predicted octanol–water partition coefficient (Wildman–Crippen LogP) is 2.75. The van der Waals surface area contributed by atoms with Gasteiger partial charge in [-0.3, -0.25) is 4.79 Å². The molecule has 0 N–H and O–H groups in total. The van der Waals surface area contributed by atoms with Crippen molar-refractivity contribution >= 4 is 30.2 Å². The highest BCUT2D eigenvalue weighted by molar-refractivity contribution is 6.32. The Bertz CT molecular complexity index is 370. The van der Waals surface area contributed by atoms with Crippen LogP contribution in [0.2, 0.25) is 5.02 Å². The zero-order chi connectivity index (χ0) is 10.4. The van der Waals surface area contributed by atoms with Crippen LogP contribution in [0.25, 0.3) is 6.08 Å². The van der Waals surface area contributed by atoms with Crippen molar-refractivity contribution in [2.75, 3.05) is 0 Å². The molecule has 0 saturated carbocycles. The average molecular weight is 209 g/mol. The fourth-order valence-corrected chi connectivity index (χ4v) is 1.32. The highest BCUT2D eigenvalue weighted by Gasteiger charge is 2.01. The molecule has 14 heavy (non-hydrogen) atoms. The molecule has 0 atom stereocenters. The SMILES string of the molecule is O=CCC=Cc1c(Cl)cccc1C=O. The fraction of sp³-hybridized carbons (Fsp3) is 0.0909. The molecule has 0 unspecified atom stereocenters. The molecule has 72 valence electrons. The summed E-state index contributed by atoms with van der Waals surface area (Å²) < 4.78 is 0. The Morgan fingerprint density at radius 1 is 1.29 bits per heavy atom. The fourth-order valence-electron chi connectivity index (χ4n) is 1.07. The van der Waals surface area contributed by atoms with Crippen LogP contribution in [0.3, 0.4) is 0 Å². The van der Waals surface area contributed by atoms with E-state index in [0.717, 1.165) is 12.6 Å². The number of hydrogen-bond donors (Lipinski definition) is 0. The number of halogens is 1. The Hall–Kier alpha value is -1.41. The van der Waals surface area contributed by atoms with E-state index >= 15 is 0 Å². The van der Waals surface area contributed by atoms with Gasteiger partial charge in [-0.05, 0) is 6.07 Å². The quantitative estimate of drug-likeness (QED) is 0.713. The summed E-state index contributed by atoms with van der Waals surface area (Å²) >= 11 is 5.89. The van der Waals surface area contributed by atoms with Gasteiger partial charge < -0.3 is 4.79 Å². The monoisotopic (exact) mass is 208 g/mol. The van der Waals surface area contributed by atoms with Crippen LogP contribution in [0.5, 0.6) is 0 Å². The van der Waals surface area contributed by atoms with Crippen molar-refractivity contribution in [3.8, 4) is 0 Å². The zero-order valence-electron chi connectivity index (χ0n) is 7.44. The van der Waals surface area contributed by atoms with Crippen LogP contribution in [-0.2, 0) is 4.79 Å². The molecule has 0 bridgehead atoms. The molecule has 0 spiro atoms. The Morgan fingerprint density at radius 2 is 2.07 bits per heavy atom. The van der Waals surface area contributed by atoms with Crippen molar-refractivity contribution in [1.29, 1.82) is 0 Å². The molecule has 0 aliphatic rings. The zero-order valence-corrected chi connectivity index (χ0v) is 8.20. The van der Waals surface area contributed by atoms with Gasteiger partial charge in [0.05, 0.1) is 0 Å². The van der Waals surface area contributed by atoms with Gasteiger partial charge in [-0.15, -0.1) is 0 Å². The molecule has 0 saturated heterocycles. The lowest BCUT2D eigenvalue weighted by atomic mass is 10.1. The maximum Gasteiger partial charge on any atom is 0.150 e. The molecule has 1 rings (SSSR count). The second kappa shape index (κ2) is 5.35. The largest absolute Gasteiger partial charge is 0.303 e. The first kappa shape index (κ1) is 10.7. The van der Waals surface area contributed by atoms with E-state index in [2.05, 4.69) is 0 Å². The topological polar surface area (TPSA) is 34.1 Å². The predicted molar refractivity (Wildman–Crippen MR) is 56.6 cm³/mol. The van der Waals surface area contributed by atoms with Crippen molar-refractivity contribution < 1.29 is 9.59 Å². The summed E-state index contributed by atoms with van der Waals surface area (Å²) in [5, 5.41) is 0.511. The first-order chi connectivity index (χ1) is 6.79. The van der Waals surface area contributed by atoms with E-state index in [9.17, 15) is 9.59 Å². The number of rotatable bonds is 4. The molecule has 0 radical (unpaired) electrons. The second-order valence-corrected chi connectivity index (χ2v) is 3.07. The summed E-state index contributed by atoms with van der Waals surface area (Å²) in [7, 11) is 0. The third-order valence-electron chi connectivity index (χ3n) is 1.73. The first-order valence-corrected chi connectivity index (χ1v) is 4.51. The number of benzene rings is 1. The molecule has 0 amide bonds. The number of carbonyl (C=O) groups excluding carboxylic acids is 2. The first-order valence-electron chi connectivity index (χ1n) is 4.13. The highest BCUT2D eigenvalue weighted by atomic mass is 35.5. The maximum absolute atomic E-state index is 10.7. The van der Waals surface area contributed by atoms with E-state index in [1.807, 2.05) is 0 Å². The Kier molecular flexibility index (Phi) is 4.08. The van der Waals surface area contributed by atoms with E-state index < -0.39 is 0 Å². The molecule has 0 heterocycles. The molecule has 0 aromatic heterocycles. The minimum atomic E-state index is 0.323. The van der Waals surface area contributed by atoms with Crippen molar-refractivity contribution in [3.63, 3.8) is 0 Å². The summed E-state index contributed by atoms with van der Waals surface area (Å²) in [5.74, 6) is 0. The third kappa shape index (κ3) is 2.54. The van der Waals surface area contributed by atoms with Gasteiger partial charge in [-0.25, -0.2) is 0 Å². The minimum absolute atomic E-state index is 0.323. The molecule has 1 aromatic carbocycles. The molecule has 3 heteroatoms. The standard InChI is InChI=1S/C11H9ClO2/c12-11-6-3-4-9(8-14)10(11)5-1-2-7-13/h1,3-8H,2H2. The van der Waals surface area contributed by atoms with Gasteiger partial charge in [0.2, 0.25) is 0 Å². The number of allylic oxidation sites excluding steroid dienone is 1. The van der Waals surface area contributed by atoms with Crippen LogP contribution in [0.1, 0.15) is 22.3 Å². The van der Waals surface area contributed by atoms with E-state index in [4.69, 9.17) is 11.6 Å². The van der Waals surface area contributed by atoms with Crippen molar-refractivity contribution in [2.24, 2.45) is 0 Å². The summed E-state index contributed by atoms with van der Waals surface area (Å²) in [5.41, 5.74) is 1.19. The van der Waals surface area contributed by atoms with Crippen molar-refractivity contribution in [1.82, 2.24) is 0 Å². The Morgan fingerprint density at radius 3 is 2.71 bits per heavy atom. The third-order valence-corrected chi connectivity index (χ3v) is 2.06. The van der Waals surface area contributed by atoms with Crippen LogP contribution in [0.15, 0.2) is 24.3 Å². The van der Waals surface area contributed by atoms with Gasteiger partial charge in [0.15, 0.2) is 6.29 Å².